The molecule has 1 saturated carbocycles. The number of aliphatic hydroxyl groups is 1. The standard InChI is InChI=1S/C24H31NO3/c1-3-7-18(2)17-28-21-12-10-19(11-13-21)22(16-26)23(27)25-24(14-15-24)20-8-5-4-6-9-20/h4-6,8-13,18,22,26H,3,7,14-17H2,1-2H3,(H,25,27). The molecule has 3 rings (SSSR count). The van der Waals surface area contributed by atoms with Gasteiger partial charge in [-0.05, 0) is 48.4 Å². The van der Waals surface area contributed by atoms with E-state index in [-0.39, 0.29) is 18.1 Å². The lowest BCUT2D eigenvalue weighted by Crippen LogP contribution is -2.39. The van der Waals surface area contributed by atoms with Crippen molar-refractivity contribution in [1.82, 2.24) is 5.32 Å². The summed E-state index contributed by atoms with van der Waals surface area (Å²) in [5.41, 5.74) is 1.66. The van der Waals surface area contributed by atoms with Gasteiger partial charge in [0.2, 0.25) is 5.91 Å². The third kappa shape index (κ3) is 4.93. The number of carbonyl (C=O) groups excluding carboxylic acids is 1. The predicted molar refractivity (Wildman–Crippen MR) is 111 cm³/mol. The zero-order chi connectivity index (χ0) is 20.0. The topological polar surface area (TPSA) is 58.6 Å². The number of nitrogens with one attached hydrogen (secondary N) is 1. The highest BCUT2D eigenvalue weighted by Gasteiger charge is 2.46. The lowest BCUT2D eigenvalue weighted by Gasteiger charge is -2.22. The van der Waals surface area contributed by atoms with Crippen LogP contribution in [0.3, 0.4) is 0 Å². The Bertz CT molecular complexity index is 753. The Kier molecular flexibility index (Phi) is 6.74. The van der Waals surface area contributed by atoms with E-state index >= 15 is 0 Å². The van der Waals surface area contributed by atoms with Crippen LogP contribution >= 0.6 is 0 Å². The minimum absolute atomic E-state index is 0.130. The molecule has 1 aliphatic rings. The van der Waals surface area contributed by atoms with E-state index in [9.17, 15) is 9.90 Å². The maximum absolute atomic E-state index is 12.9. The van der Waals surface area contributed by atoms with Crippen molar-refractivity contribution in [2.45, 2.75) is 51.0 Å². The molecule has 0 spiro atoms. The van der Waals surface area contributed by atoms with Crippen LogP contribution in [-0.4, -0.2) is 24.2 Å². The van der Waals surface area contributed by atoms with E-state index in [0.717, 1.165) is 42.6 Å². The van der Waals surface area contributed by atoms with Crippen LogP contribution in [0, 0.1) is 5.92 Å². The van der Waals surface area contributed by atoms with Crippen molar-refractivity contribution in [3.8, 4) is 5.75 Å². The second kappa shape index (κ2) is 9.24. The molecule has 1 fully saturated rings. The Morgan fingerprint density at radius 2 is 1.82 bits per heavy atom. The molecule has 2 atom stereocenters. The number of benzene rings is 2. The third-order valence-corrected chi connectivity index (χ3v) is 5.54. The molecular formula is C24H31NO3. The fourth-order valence-electron chi connectivity index (χ4n) is 3.64. The van der Waals surface area contributed by atoms with Crippen LogP contribution in [0.2, 0.25) is 0 Å². The summed E-state index contributed by atoms with van der Waals surface area (Å²) < 4.78 is 5.83. The lowest BCUT2D eigenvalue weighted by atomic mass is 9.97. The molecule has 28 heavy (non-hydrogen) atoms. The Labute approximate surface area is 167 Å². The molecule has 150 valence electrons. The first kappa shape index (κ1) is 20.4. The average Bonchev–Trinajstić information content (AvgIpc) is 3.49. The van der Waals surface area contributed by atoms with Gasteiger partial charge >= 0.3 is 0 Å². The summed E-state index contributed by atoms with van der Waals surface area (Å²) in [4.78, 5) is 12.9. The Morgan fingerprint density at radius 1 is 1.14 bits per heavy atom. The molecule has 2 N–H and O–H groups in total. The van der Waals surface area contributed by atoms with Crippen LogP contribution < -0.4 is 10.1 Å². The normalized spacial score (nSPS) is 16.8. The molecule has 2 unspecified atom stereocenters. The fourth-order valence-corrected chi connectivity index (χ4v) is 3.64. The molecule has 2 aromatic rings. The van der Waals surface area contributed by atoms with Gasteiger partial charge in [0.15, 0.2) is 0 Å². The SMILES string of the molecule is CCCC(C)COc1ccc(C(CO)C(=O)NC2(c3ccccc3)CC2)cc1. The van der Waals surface area contributed by atoms with Gasteiger partial charge < -0.3 is 15.2 Å². The van der Waals surface area contributed by atoms with Crippen molar-refractivity contribution in [1.29, 1.82) is 0 Å². The van der Waals surface area contributed by atoms with Crippen LogP contribution in [0.15, 0.2) is 54.6 Å². The summed E-state index contributed by atoms with van der Waals surface area (Å²) in [5.74, 6) is 0.614. The summed E-state index contributed by atoms with van der Waals surface area (Å²) in [6, 6.07) is 17.6. The van der Waals surface area contributed by atoms with E-state index in [1.165, 1.54) is 0 Å². The van der Waals surface area contributed by atoms with Crippen LogP contribution in [0.4, 0.5) is 0 Å². The second-order valence-corrected chi connectivity index (χ2v) is 7.95. The smallest absolute Gasteiger partial charge is 0.230 e. The average molecular weight is 382 g/mol. The molecule has 0 radical (unpaired) electrons. The second-order valence-electron chi connectivity index (χ2n) is 7.95. The van der Waals surface area contributed by atoms with Crippen molar-refractivity contribution >= 4 is 5.91 Å². The van der Waals surface area contributed by atoms with Crippen molar-refractivity contribution in [3.05, 3.63) is 65.7 Å². The summed E-state index contributed by atoms with van der Waals surface area (Å²) in [6.45, 7) is 4.83. The number of amides is 1. The van der Waals surface area contributed by atoms with Crippen LogP contribution in [-0.2, 0) is 10.3 Å². The van der Waals surface area contributed by atoms with Gasteiger partial charge in [0, 0.05) is 0 Å². The Morgan fingerprint density at radius 3 is 2.39 bits per heavy atom. The zero-order valence-corrected chi connectivity index (χ0v) is 16.9. The molecule has 1 amide bonds. The van der Waals surface area contributed by atoms with Crippen molar-refractivity contribution < 1.29 is 14.6 Å². The lowest BCUT2D eigenvalue weighted by molar-refractivity contribution is -0.124. The van der Waals surface area contributed by atoms with Crippen LogP contribution in [0.1, 0.15) is 56.6 Å². The van der Waals surface area contributed by atoms with Crippen LogP contribution in [0.25, 0.3) is 0 Å². The molecule has 2 aromatic carbocycles. The molecule has 0 aliphatic heterocycles. The Balaban J connectivity index is 1.62. The number of carbonyl (C=O) groups is 1. The van der Waals surface area contributed by atoms with Gasteiger partial charge in [-0.25, -0.2) is 0 Å². The highest BCUT2D eigenvalue weighted by molar-refractivity contribution is 5.85. The molecule has 1 aliphatic carbocycles. The van der Waals surface area contributed by atoms with Gasteiger partial charge in [-0.2, -0.15) is 0 Å². The maximum Gasteiger partial charge on any atom is 0.230 e. The van der Waals surface area contributed by atoms with Gasteiger partial charge in [0.1, 0.15) is 5.75 Å². The summed E-state index contributed by atoms with van der Waals surface area (Å²) >= 11 is 0. The molecule has 4 nitrogen and oxygen atoms in total. The van der Waals surface area contributed by atoms with Crippen molar-refractivity contribution in [3.63, 3.8) is 0 Å². The van der Waals surface area contributed by atoms with E-state index in [2.05, 4.69) is 19.2 Å². The predicted octanol–water partition coefficient (Wildman–Crippen LogP) is 4.38. The largest absolute Gasteiger partial charge is 0.493 e. The van der Waals surface area contributed by atoms with Gasteiger partial charge in [0.25, 0.3) is 0 Å². The van der Waals surface area contributed by atoms with E-state index < -0.39 is 5.92 Å². The first-order chi connectivity index (χ1) is 13.6. The minimum atomic E-state index is -0.575. The third-order valence-electron chi connectivity index (χ3n) is 5.54. The number of aliphatic hydroxyl groups excluding tert-OH is 1. The molecule has 0 saturated heterocycles. The molecular weight excluding hydrogens is 350 g/mol. The highest BCUT2D eigenvalue weighted by atomic mass is 16.5. The van der Waals surface area contributed by atoms with Gasteiger partial charge in [-0.1, -0.05) is 62.7 Å². The van der Waals surface area contributed by atoms with Gasteiger partial charge in [0.05, 0.1) is 24.7 Å². The first-order valence-electron chi connectivity index (χ1n) is 10.3. The number of hydrogen-bond acceptors (Lipinski definition) is 3. The van der Waals surface area contributed by atoms with Gasteiger partial charge in [-0.3, -0.25) is 4.79 Å². The zero-order valence-electron chi connectivity index (χ0n) is 16.9. The van der Waals surface area contributed by atoms with Gasteiger partial charge in [-0.15, -0.1) is 0 Å². The molecule has 0 heterocycles. The Hall–Kier alpha value is -2.33. The number of rotatable bonds is 10. The molecule has 0 aromatic heterocycles. The van der Waals surface area contributed by atoms with E-state index in [0.29, 0.717) is 12.5 Å². The van der Waals surface area contributed by atoms with Crippen molar-refractivity contribution in [2.24, 2.45) is 5.92 Å². The van der Waals surface area contributed by atoms with Crippen molar-refractivity contribution in [2.75, 3.05) is 13.2 Å². The minimum Gasteiger partial charge on any atom is -0.493 e. The molecule has 0 bridgehead atoms. The fraction of sp³-hybridized carbons (Fsp3) is 0.458. The summed E-state index contributed by atoms with van der Waals surface area (Å²) in [5, 5.41) is 13.0. The monoisotopic (exact) mass is 381 g/mol. The highest BCUT2D eigenvalue weighted by Crippen LogP contribution is 2.45. The number of ether oxygens (including phenoxy) is 1. The summed E-state index contributed by atoms with van der Waals surface area (Å²) in [7, 11) is 0. The van der Waals surface area contributed by atoms with E-state index in [4.69, 9.17) is 4.74 Å². The van der Waals surface area contributed by atoms with E-state index in [1.54, 1.807) is 0 Å². The maximum atomic E-state index is 12.9. The molecule has 4 heteroatoms. The first-order valence-corrected chi connectivity index (χ1v) is 10.3. The van der Waals surface area contributed by atoms with E-state index in [1.807, 2.05) is 54.6 Å². The quantitative estimate of drug-likeness (QED) is 0.642. The summed E-state index contributed by atoms with van der Waals surface area (Å²) in [6.07, 6.45) is 4.17. The van der Waals surface area contributed by atoms with Crippen LogP contribution in [0.5, 0.6) is 5.75 Å². The number of hydrogen-bond donors (Lipinski definition) is 2.